The molecule has 0 bridgehead atoms. The van der Waals surface area contributed by atoms with E-state index in [1.807, 2.05) is 27.5 Å². The van der Waals surface area contributed by atoms with E-state index in [0.29, 0.717) is 21.1 Å². The molecule has 2 aliphatic rings. The van der Waals surface area contributed by atoms with Gasteiger partial charge in [-0.1, -0.05) is 0 Å². The van der Waals surface area contributed by atoms with Gasteiger partial charge in [-0.25, -0.2) is 4.39 Å². The smallest absolute Gasteiger partial charge is 0.254 e. The van der Waals surface area contributed by atoms with Gasteiger partial charge in [-0.2, -0.15) is 0 Å². The fourth-order valence-electron chi connectivity index (χ4n) is 3.05. The zero-order valence-electron chi connectivity index (χ0n) is 10.5. The van der Waals surface area contributed by atoms with E-state index in [2.05, 4.69) is 5.32 Å². The van der Waals surface area contributed by atoms with Crippen LogP contribution in [0.5, 0.6) is 0 Å². The SMILES string of the molecule is O=C(c1ccc(F)cc1I)N1CC2CCCNC2C1. The van der Waals surface area contributed by atoms with Gasteiger partial charge in [0.05, 0.1) is 5.56 Å². The largest absolute Gasteiger partial charge is 0.337 e. The molecule has 1 amide bonds. The van der Waals surface area contributed by atoms with Crippen LogP contribution in [0.2, 0.25) is 0 Å². The number of likely N-dealkylation sites (tertiary alicyclic amines) is 1. The third-order valence-electron chi connectivity index (χ3n) is 4.05. The number of nitrogens with one attached hydrogen (secondary N) is 1. The molecule has 1 N–H and O–H groups in total. The molecule has 0 spiro atoms. The van der Waals surface area contributed by atoms with E-state index in [-0.39, 0.29) is 11.7 Å². The van der Waals surface area contributed by atoms with Gasteiger partial charge in [0.25, 0.3) is 5.91 Å². The van der Waals surface area contributed by atoms with E-state index in [0.717, 1.165) is 19.6 Å². The Labute approximate surface area is 125 Å². The molecule has 0 aromatic heterocycles. The van der Waals surface area contributed by atoms with Gasteiger partial charge >= 0.3 is 0 Å². The van der Waals surface area contributed by atoms with Crippen molar-refractivity contribution in [3.05, 3.63) is 33.1 Å². The Balaban J connectivity index is 1.77. The van der Waals surface area contributed by atoms with Crippen LogP contribution in [-0.2, 0) is 0 Å². The Morgan fingerprint density at radius 3 is 3.00 bits per heavy atom. The van der Waals surface area contributed by atoms with E-state index in [4.69, 9.17) is 0 Å². The van der Waals surface area contributed by atoms with Crippen LogP contribution < -0.4 is 5.32 Å². The van der Waals surface area contributed by atoms with Crippen LogP contribution in [0, 0.1) is 15.3 Å². The molecule has 2 atom stereocenters. The summed E-state index contributed by atoms with van der Waals surface area (Å²) in [6.45, 7) is 2.65. The number of rotatable bonds is 1. The number of amides is 1. The fraction of sp³-hybridized carbons (Fsp3) is 0.500. The first-order valence-corrected chi connectivity index (χ1v) is 7.71. The lowest BCUT2D eigenvalue weighted by Crippen LogP contribution is -2.41. The number of carbonyl (C=O) groups is 1. The molecule has 1 aromatic rings. The molecule has 102 valence electrons. The van der Waals surface area contributed by atoms with Gasteiger partial charge in [0.1, 0.15) is 5.82 Å². The molecule has 2 heterocycles. The monoisotopic (exact) mass is 374 g/mol. The van der Waals surface area contributed by atoms with E-state index in [1.54, 1.807) is 6.07 Å². The number of fused-ring (bicyclic) bond motifs is 1. The normalized spacial score (nSPS) is 26.3. The molecule has 0 radical (unpaired) electrons. The molecular formula is C14H16FIN2O. The Morgan fingerprint density at radius 1 is 1.42 bits per heavy atom. The van der Waals surface area contributed by atoms with Crippen LogP contribution in [0.4, 0.5) is 4.39 Å². The average Bonchev–Trinajstić information content (AvgIpc) is 2.81. The molecule has 5 heteroatoms. The fourth-order valence-corrected chi connectivity index (χ4v) is 3.75. The molecule has 3 rings (SSSR count). The zero-order valence-corrected chi connectivity index (χ0v) is 12.7. The second kappa shape index (κ2) is 5.36. The molecule has 19 heavy (non-hydrogen) atoms. The second-order valence-electron chi connectivity index (χ2n) is 5.30. The first kappa shape index (κ1) is 13.3. The summed E-state index contributed by atoms with van der Waals surface area (Å²) in [4.78, 5) is 14.4. The number of nitrogens with zero attached hydrogens (tertiary/aromatic N) is 1. The molecule has 1 aromatic carbocycles. The Kier molecular flexibility index (Phi) is 3.75. The molecule has 2 fully saturated rings. The van der Waals surface area contributed by atoms with Crippen LogP contribution >= 0.6 is 22.6 Å². The van der Waals surface area contributed by atoms with E-state index >= 15 is 0 Å². The standard InChI is InChI=1S/C14H16FIN2O/c15-10-3-4-11(12(16)6-10)14(19)18-7-9-2-1-5-17-13(9)8-18/h3-4,6,9,13,17H,1-2,5,7-8H2. The Morgan fingerprint density at radius 2 is 2.26 bits per heavy atom. The number of hydrogen-bond acceptors (Lipinski definition) is 2. The lowest BCUT2D eigenvalue weighted by molar-refractivity contribution is 0.0784. The maximum absolute atomic E-state index is 13.1. The third-order valence-corrected chi connectivity index (χ3v) is 4.94. The van der Waals surface area contributed by atoms with Crippen LogP contribution in [-0.4, -0.2) is 36.5 Å². The third kappa shape index (κ3) is 2.63. The summed E-state index contributed by atoms with van der Waals surface area (Å²) in [5.41, 5.74) is 0.612. The van der Waals surface area contributed by atoms with Crippen LogP contribution in [0.25, 0.3) is 0 Å². The van der Waals surface area contributed by atoms with Crippen LogP contribution in [0.1, 0.15) is 23.2 Å². The highest BCUT2D eigenvalue weighted by molar-refractivity contribution is 14.1. The minimum atomic E-state index is -0.294. The molecule has 0 saturated carbocycles. The van der Waals surface area contributed by atoms with Crippen molar-refractivity contribution in [2.45, 2.75) is 18.9 Å². The minimum Gasteiger partial charge on any atom is -0.337 e. The van der Waals surface area contributed by atoms with Gasteiger partial charge in [-0.05, 0) is 66.1 Å². The van der Waals surface area contributed by atoms with Crippen molar-refractivity contribution in [3.63, 3.8) is 0 Å². The number of piperidine rings is 1. The van der Waals surface area contributed by atoms with Crippen LogP contribution in [0.3, 0.4) is 0 Å². The first-order valence-electron chi connectivity index (χ1n) is 6.63. The summed E-state index contributed by atoms with van der Waals surface area (Å²) in [5, 5.41) is 3.49. The van der Waals surface area contributed by atoms with Crippen molar-refractivity contribution in [1.82, 2.24) is 10.2 Å². The molecule has 2 aliphatic heterocycles. The van der Waals surface area contributed by atoms with Gasteiger partial charge in [-0.15, -0.1) is 0 Å². The molecule has 3 nitrogen and oxygen atoms in total. The summed E-state index contributed by atoms with van der Waals surface area (Å²) in [6, 6.07) is 4.80. The summed E-state index contributed by atoms with van der Waals surface area (Å²) in [5.74, 6) is 0.314. The van der Waals surface area contributed by atoms with Gasteiger partial charge in [0.15, 0.2) is 0 Å². The number of hydrogen-bond donors (Lipinski definition) is 1. The lowest BCUT2D eigenvalue weighted by atomic mass is 9.94. The average molecular weight is 374 g/mol. The molecule has 2 unspecified atom stereocenters. The second-order valence-corrected chi connectivity index (χ2v) is 6.46. The maximum atomic E-state index is 13.1. The number of halogens is 2. The van der Waals surface area contributed by atoms with Gasteiger partial charge in [-0.3, -0.25) is 4.79 Å². The highest BCUT2D eigenvalue weighted by Gasteiger charge is 2.36. The Bertz CT molecular complexity index is 494. The number of carbonyl (C=O) groups excluding carboxylic acids is 1. The predicted octanol–water partition coefficient (Wildman–Crippen LogP) is 2.25. The summed E-state index contributed by atoms with van der Waals surface area (Å²) < 4.78 is 13.8. The summed E-state index contributed by atoms with van der Waals surface area (Å²) in [6.07, 6.45) is 2.39. The van der Waals surface area contributed by atoms with Crippen molar-refractivity contribution in [1.29, 1.82) is 0 Å². The zero-order chi connectivity index (χ0) is 13.4. The highest BCUT2D eigenvalue weighted by Crippen LogP contribution is 2.27. The number of benzene rings is 1. The maximum Gasteiger partial charge on any atom is 0.254 e. The van der Waals surface area contributed by atoms with Gasteiger partial charge < -0.3 is 10.2 Å². The van der Waals surface area contributed by atoms with Crippen molar-refractivity contribution in [2.24, 2.45) is 5.92 Å². The van der Waals surface area contributed by atoms with Crippen LogP contribution in [0.15, 0.2) is 18.2 Å². The highest BCUT2D eigenvalue weighted by atomic mass is 127. The first-order chi connectivity index (χ1) is 9.15. The lowest BCUT2D eigenvalue weighted by Gasteiger charge is -2.24. The van der Waals surface area contributed by atoms with E-state index < -0.39 is 0 Å². The minimum absolute atomic E-state index is 0.0283. The summed E-state index contributed by atoms with van der Waals surface area (Å²) >= 11 is 2.03. The Hall–Kier alpha value is -0.690. The van der Waals surface area contributed by atoms with Crippen molar-refractivity contribution < 1.29 is 9.18 Å². The summed E-state index contributed by atoms with van der Waals surface area (Å²) in [7, 11) is 0. The quantitative estimate of drug-likeness (QED) is 0.765. The van der Waals surface area contributed by atoms with Crippen molar-refractivity contribution in [2.75, 3.05) is 19.6 Å². The molecule has 0 aliphatic carbocycles. The van der Waals surface area contributed by atoms with Gasteiger partial charge in [0, 0.05) is 22.7 Å². The predicted molar refractivity (Wildman–Crippen MR) is 79.5 cm³/mol. The van der Waals surface area contributed by atoms with E-state index in [9.17, 15) is 9.18 Å². The van der Waals surface area contributed by atoms with Crippen molar-refractivity contribution >= 4 is 28.5 Å². The van der Waals surface area contributed by atoms with E-state index in [1.165, 1.54) is 25.0 Å². The van der Waals surface area contributed by atoms with Crippen molar-refractivity contribution in [3.8, 4) is 0 Å². The molecule has 2 saturated heterocycles. The topological polar surface area (TPSA) is 32.3 Å². The molecular weight excluding hydrogens is 358 g/mol. The van der Waals surface area contributed by atoms with Gasteiger partial charge in [0.2, 0.25) is 0 Å².